The van der Waals surface area contributed by atoms with Gasteiger partial charge in [0, 0.05) is 43.4 Å². The van der Waals surface area contributed by atoms with Crippen LogP contribution in [-0.4, -0.2) is 53.8 Å². The molecule has 0 radical (unpaired) electrons. The van der Waals surface area contributed by atoms with E-state index in [-0.39, 0.29) is 11.3 Å². The normalized spacial score (nSPS) is 11.5. The fourth-order valence-electron chi connectivity index (χ4n) is 3.34. The predicted octanol–water partition coefficient (Wildman–Crippen LogP) is 3.75. The molecule has 0 spiro atoms. The Hall–Kier alpha value is -4.78. The molecule has 13 heteroatoms. The summed E-state index contributed by atoms with van der Waals surface area (Å²) in [6, 6.07) is 18.5. The molecule has 3 rings (SSSR count). The van der Waals surface area contributed by atoms with Crippen molar-refractivity contribution in [3.05, 3.63) is 110 Å². The van der Waals surface area contributed by atoms with Crippen LogP contribution < -0.4 is 15.6 Å². The number of rotatable bonds is 12. The van der Waals surface area contributed by atoms with Crippen molar-refractivity contribution in [1.29, 1.82) is 0 Å². The molecule has 0 aliphatic heterocycles. The Morgan fingerprint density at radius 1 is 0.974 bits per heavy atom. The van der Waals surface area contributed by atoms with Crippen LogP contribution in [0.5, 0.6) is 0 Å². The van der Waals surface area contributed by atoms with Crippen LogP contribution >= 0.6 is 11.8 Å². The molecular formula is C26H26N6O6S. The molecule has 0 bridgehead atoms. The van der Waals surface area contributed by atoms with E-state index in [1.807, 2.05) is 73.6 Å². The van der Waals surface area contributed by atoms with Crippen LogP contribution in [0.15, 0.2) is 77.9 Å². The van der Waals surface area contributed by atoms with Gasteiger partial charge < -0.3 is 10.2 Å². The maximum Gasteiger partial charge on any atom is 0.277 e. The maximum absolute atomic E-state index is 13.0. The molecule has 0 fully saturated rings. The fourth-order valence-corrected chi connectivity index (χ4v) is 4.35. The third-order valence-electron chi connectivity index (χ3n) is 5.40. The van der Waals surface area contributed by atoms with Gasteiger partial charge in [0.1, 0.15) is 6.04 Å². The number of anilines is 1. The summed E-state index contributed by atoms with van der Waals surface area (Å²) in [5.74, 6) is -0.781. The quantitative estimate of drug-likeness (QED) is 0.196. The van der Waals surface area contributed by atoms with Crippen molar-refractivity contribution in [2.24, 2.45) is 5.10 Å². The molecule has 12 nitrogen and oxygen atoms in total. The van der Waals surface area contributed by atoms with Crippen molar-refractivity contribution in [3.63, 3.8) is 0 Å². The smallest absolute Gasteiger partial charge is 0.277 e. The molecule has 0 saturated carbocycles. The summed E-state index contributed by atoms with van der Waals surface area (Å²) in [6.45, 7) is 0. The van der Waals surface area contributed by atoms with E-state index >= 15 is 0 Å². The summed E-state index contributed by atoms with van der Waals surface area (Å²) < 4.78 is 0. The third-order valence-corrected chi connectivity index (χ3v) is 6.51. The van der Waals surface area contributed by atoms with Gasteiger partial charge >= 0.3 is 0 Å². The average Bonchev–Trinajstić information content (AvgIpc) is 2.92. The number of thioether (sulfide) groups is 1. The second-order valence-electron chi connectivity index (χ2n) is 8.50. The molecule has 39 heavy (non-hydrogen) atoms. The number of nitro benzene ring substituents is 2. The summed E-state index contributed by atoms with van der Waals surface area (Å²) in [6.07, 6.45) is 1.46. The number of amides is 2. The van der Waals surface area contributed by atoms with E-state index in [4.69, 9.17) is 0 Å². The van der Waals surface area contributed by atoms with Crippen LogP contribution in [0.1, 0.15) is 21.5 Å². The largest absolute Gasteiger partial charge is 0.378 e. The predicted molar refractivity (Wildman–Crippen MR) is 150 cm³/mol. The minimum Gasteiger partial charge on any atom is -0.378 e. The summed E-state index contributed by atoms with van der Waals surface area (Å²) in [4.78, 5) is 48.6. The summed E-state index contributed by atoms with van der Waals surface area (Å²) in [7, 11) is 3.83. The third kappa shape index (κ3) is 8.64. The molecule has 0 aliphatic carbocycles. The second kappa shape index (κ2) is 13.7. The van der Waals surface area contributed by atoms with Crippen LogP contribution in [0.4, 0.5) is 17.1 Å². The van der Waals surface area contributed by atoms with Crippen molar-refractivity contribution < 1.29 is 19.4 Å². The van der Waals surface area contributed by atoms with Crippen molar-refractivity contribution in [2.45, 2.75) is 11.8 Å². The van der Waals surface area contributed by atoms with Crippen molar-refractivity contribution >= 4 is 46.9 Å². The summed E-state index contributed by atoms with van der Waals surface area (Å²) in [5.41, 5.74) is 3.62. The van der Waals surface area contributed by atoms with Gasteiger partial charge in [-0.2, -0.15) is 16.9 Å². The molecule has 202 valence electrons. The highest BCUT2D eigenvalue weighted by molar-refractivity contribution is 7.98. The van der Waals surface area contributed by atoms with Crippen LogP contribution in [0.2, 0.25) is 0 Å². The maximum atomic E-state index is 13.0. The Kier molecular flexibility index (Phi) is 10.1. The Bertz CT molecular complexity index is 1330. The van der Waals surface area contributed by atoms with Crippen LogP contribution in [-0.2, 0) is 10.5 Å². The van der Waals surface area contributed by atoms with Crippen LogP contribution in [0.25, 0.3) is 0 Å². The lowest BCUT2D eigenvalue weighted by Crippen LogP contribution is -2.47. The number of non-ortho nitro benzene ring substituents is 2. The fraction of sp³-hybridized carbons (Fsp3) is 0.192. The molecule has 3 aromatic rings. The zero-order chi connectivity index (χ0) is 28.4. The van der Waals surface area contributed by atoms with Gasteiger partial charge in [0.25, 0.3) is 23.2 Å². The van der Waals surface area contributed by atoms with E-state index < -0.39 is 39.1 Å². The first kappa shape index (κ1) is 28.8. The molecule has 0 heterocycles. The molecule has 3 aromatic carbocycles. The zero-order valence-electron chi connectivity index (χ0n) is 21.1. The molecule has 2 N–H and O–H groups in total. The lowest BCUT2D eigenvalue weighted by atomic mass is 10.1. The van der Waals surface area contributed by atoms with Crippen molar-refractivity contribution in [3.8, 4) is 0 Å². The van der Waals surface area contributed by atoms with Crippen molar-refractivity contribution in [1.82, 2.24) is 10.7 Å². The van der Waals surface area contributed by atoms with Gasteiger partial charge in [-0.05, 0) is 23.3 Å². The van der Waals surface area contributed by atoms with Crippen LogP contribution in [0.3, 0.4) is 0 Å². The zero-order valence-corrected chi connectivity index (χ0v) is 22.0. The topological polar surface area (TPSA) is 160 Å². The first-order chi connectivity index (χ1) is 18.6. The van der Waals surface area contributed by atoms with E-state index in [0.717, 1.165) is 35.0 Å². The van der Waals surface area contributed by atoms with E-state index in [1.165, 1.54) is 18.0 Å². The standard InChI is InChI=1S/C26H26N6O6S/c1-30(2)21-10-8-18(9-11-21)15-27-29-26(34)24(17-39-16-19-6-4-3-5-7-19)28-25(33)20-12-22(31(35)36)14-23(13-20)32(37)38/h3-15,24H,16-17H2,1-2H3,(H,28,33)(H,29,34)/t24-/m0/s1. The van der Waals surface area contributed by atoms with E-state index in [2.05, 4.69) is 15.8 Å². The number of hydrogen-bond donors (Lipinski definition) is 2. The highest BCUT2D eigenvalue weighted by atomic mass is 32.2. The number of hydrogen-bond acceptors (Lipinski definition) is 9. The lowest BCUT2D eigenvalue weighted by Gasteiger charge is -2.17. The molecule has 0 aliphatic rings. The van der Waals surface area contributed by atoms with E-state index in [1.54, 1.807) is 0 Å². The first-order valence-electron chi connectivity index (χ1n) is 11.6. The Morgan fingerprint density at radius 3 is 2.15 bits per heavy atom. The molecule has 0 unspecified atom stereocenters. The van der Waals surface area contributed by atoms with Crippen LogP contribution in [0, 0.1) is 20.2 Å². The Labute approximate surface area is 228 Å². The van der Waals surface area contributed by atoms with Gasteiger partial charge in [0.05, 0.1) is 27.7 Å². The first-order valence-corrected chi connectivity index (χ1v) is 12.8. The number of nitro groups is 2. The van der Waals surface area contributed by atoms with Gasteiger partial charge in [-0.1, -0.05) is 42.5 Å². The number of carbonyl (C=O) groups excluding carboxylic acids is 2. The second-order valence-corrected chi connectivity index (χ2v) is 9.53. The SMILES string of the molecule is CN(C)c1ccc(C=NNC(=O)[C@H](CSCc2ccccc2)NC(=O)c2cc([N+](=O)[O-])cc([N+](=O)[O-])c2)cc1. The molecule has 1 atom stereocenters. The highest BCUT2D eigenvalue weighted by Crippen LogP contribution is 2.23. The molecule has 2 amide bonds. The van der Waals surface area contributed by atoms with E-state index in [0.29, 0.717) is 5.75 Å². The molecule has 0 saturated heterocycles. The molecule has 0 aromatic heterocycles. The highest BCUT2D eigenvalue weighted by Gasteiger charge is 2.25. The number of carbonyl (C=O) groups is 2. The summed E-state index contributed by atoms with van der Waals surface area (Å²) >= 11 is 1.38. The Balaban J connectivity index is 1.75. The monoisotopic (exact) mass is 550 g/mol. The van der Waals surface area contributed by atoms with E-state index in [9.17, 15) is 29.8 Å². The van der Waals surface area contributed by atoms with Gasteiger partial charge in [0.15, 0.2) is 0 Å². The van der Waals surface area contributed by atoms with Gasteiger partial charge in [-0.15, -0.1) is 0 Å². The number of nitrogens with one attached hydrogen (secondary N) is 2. The van der Waals surface area contributed by atoms with Gasteiger partial charge in [0.2, 0.25) is 0 Å². The van der Waals surface area contributed by atoms with Crippen molar-refractivity contribution in [2.75, 3.05) is 24.7 Å². The van der Waals surface area contributed by atoms with Gasteiger partial charge in [-0.3, -0.25) is 29.8 Å². The number of benzene rings is 3. The Morgan fingerprint density at radius 2 is 1.59 bits per heavy atom. The lowest BCUT2D eigenvalue weighted by molar-refractivity contribution is -0.394. The summed E-state index contributed by atoms with van der Waals surface area (Å²) in [5, 5.41) is 28.9. The number of hydrazone groups is 1. The molecular weight excluding hydrogens is 524 g/mol. The van der Waals surface area contributed by atoms with Gasteiger partial charge in [-0.25, -0.2) is 5.43 Å². The minimum atomic E-state index is -1.09. The number of nitrogens with zero attached hydrogens (tertiary/aromatic N) is 4. The minimum absolute atomic E-state index is 0.149. The average molecular weight is 551 g/mol.